The van der Waals surface area contributed by atoms with E-state index in [0.29, 0.717) is 18.1 Å². The van der Waals surface area contributed by atoms with E-state index in [0.717, 1.165) is 24.3 Å². The minimum atomic E-state index is 0.295. The van der Waals surface area contributed by atoms with E-state index in [2.05, 4.69) is 6.92 Å². The lowest BCUT2D eigenvalue weighted by Crippen LogP contribution is -2.23. The number of carbonyl (C=O) groups excluding carboxylic acids is 1. The van der Waals surface area contributed by atoms with Gasteiger partial charge in [-0.25, -0.2) is 0 Å². The second-order valence-corrected chi connectivity index (χ2v) is 4.74. The summed E-state index contributed by atoms with van der Waals surface area (Å²) in [5.41, 5.74) is 1.01. The van der Waals surface area contributed by atoms with Crippen molar-refractivity contribution in [2.75, 3.05) is 0 Å². The minimum absolute atomic E-state index is 0.295. The number of hydrogen-bond acceptors (Lipinski definition) is 2. The molecule has 0 radical (unpaired) electrons. The van der Waals surface area contributed by atoms with Crippen molar-refractivity contribution in [3.8, 4) is 0 Å². The predicted molar refractivity (Wildman–Crippen MR) is 58.5 cm³/mol. The molecule has 2 nitrogen and oxygen atoms in total. The Hall–Kier alpha value is -1.05. The molecule has 0 aromatic carbocycles. The van der Waals surface area contributed by atoms with Gasteiger partial charge in [0.05, 0.1) is 12.5 Å². The first-order valence-electron chi connectivity index (χ1n) is 5.79. The van der Waals surface area contributed by atoms with Gasteiger partial charge >= 0.3 is 0 Å². The molecule has 1 saturated carbocycles. The van der Waals surface area contributed by atoms with Crippen LogP contribution in [0, 0.1) is 11.8 Å². The Balaban J connectivity index is 1.90. The average molecular weight is 206 g/mol. The summed E-state index contributed by atoms with van der Waals surface area (Å²) in [7, 11) is 0. The van der Waals surface area contributed by atoms with E-state index in [4.69, 9.17) is 4.42 Å². The minimum Gasteiger partial charge on any atom is -0.472 e. The molecule has 2 unspecified atom stereocenters. The highest BCUT2D eigenvalue weighted by Gasteiger charge is 2.24. The highest BCUT2D eigenvalue weighted by molar-refractivity contribution is 5.83. The third kappa shape index (κ3) is 2.71. The lowest BCUT2D eigenvalue weighted by atomic mass is 9.79. The molecule has 1 aromatic heterocycles. The van der Waals surface area contributed by atoms with Gasteiger partial charge in [0.2, 0.25) is 0 Å². The molecule has 0 spiro atoms. The van der Waals surface area contributed by atoms with Gasteiger partial charge in [0.1, 0.15) is 5.78 Å². The summed E-state index contributed by atoms with van der Waals surface area (Å²) in [6.45, 7) is 2.25. The largest absolute Gasteiger partial charge is 0.472 e. The number of furan rings is 1. The number of rotatable bonds is 3. The third-order valence-corrected chi connectivity index (χ3v) is 3.35. The van der Waals surface area contributed by atoms with E-state index in [1.165, 1.54) is 12.8 Å². The quantitative estimate of drug-likeness (QED) is 0.760. The van der Waals surface area contributed by atoms with Crippen molar-refractivity contribution < 1.29 is 9.21 Å². The van der Waals surface area contributed by atoms with E-state index in [1.54, 1.807) is 12.5 Å². The third-order valence-electron chi connectivity index (χ3n) is 3.35. The summed E-state index contributed by atoms with van der Waals surface area (Å²) in [5, 5.41) is 0. The molecule has 1 aliphatic rings. The van der Waals surface area contributed by atoms with Crippen LogP contribution in [-0.2, 0) is 11.2 Å². The fourth-order valence-corrected chi connectivity index (χ4v) is 2.47. The summed E-state index contributed by atoms with van der Waals surface area (Å²) in [6.07, 6.45) is 8.51. The lowest BCUT2D eigenvalue weighted by Gasteiger charge is -2.25. The Bertz CT molecular complexity index is 313. The highest BCUT2D eigenvalue weighted by Crippen LogP contribution is 2.29. The molecular weight excluding hydrogens is 188 g/mol. The van der Waals surface area contributed by atoms with Crippen molar-refractivity contribution in [1.29, 1.82) is 0 Å². The predicted octanol–water partition coefficient (Wildman–Crippen LogP) is 3.22. The SMILES string of the molecule is CC1CCCC(C(=O)Cc2ccoc2)C1. The van der Waals surface area contributed by atoms with Gasteiger partial charge in [-0.05, 0) is 30.4 Å². The van der Waals surface area contributed by atoms with Crippen molar-refractivity contribution in [3.63, 3.8) is 0 Å². The van der Waals surface area contributed by atoms with Gasteiger partial charge in [-0.3, -0.25) is 4.79 Å². The van der Waals surface area contributed by atoms with E-state index < -0.39 is 0 Å². The molecule has 0 amide bonds. The molecular formula is C13H18O2. The molecule has 0 N–H and O–H groups in total. The lowest BCUT2D eigenvalue weighted by molar-refractivity contribution is -0.123. The van der Waals surface area contributed by atoms with E-state index in [-0.39, 0.29) is 0 Å². The van der Waals surface area contributed by atoms with Crippen molar-refractivity contribution in [1.82, 2.24) is 0 Å². The zero-order chi connectivity index (χ0) is 10.7. The first-order valence-corrected chi connectivity index (χ1v) is 5.79. The Morgan fingerprint density at radius 3 is 3.07 bits per heavy atom. The molecule has 2 rings (SSSR count). The van der Waals surface area contributed by atoms with Crippen molar-refractivity contribution in [2.45, 2.75) is 39.0 Å². The van der Waals surface area contributed by atoms with Crippen LogP contribution in [0.25, 0.3) is 0 Å². The zero-order valence-electron chi connectivity index (χ0n) is 9.24. The smallest absolute Gasteiger partial charge is 0.140 e. The molecule has 2 atom stereocenters. The zero-order valence-corrected chi connectivity index (χ0v) is 9.24. The van der Waals surface area contributed by atoms with Gasteiger partial charge < -0.3 is 4.42 Å². The molecule has 1 fully saturated rings. The Kier molecular flexibility index (Phi) is 3.24. The highest BCUT2D eigenvalue weighted by atomic mass is 16.3. The van der Waals surface area contributed by atoms with Crippen LogP contribution >= 0.6 is 0 Å². The molecule has 0 aliphatic heterocycles. The van der Waals surface area contributed by atoms with Crippen LogP contribution < -0.4 is 0 Å². The maximum Gasteiger partial charge on any atom is 0.140 e. The number of Topliss-reactive ketones (excluding diaryl/α,β-unsaturated/α-hetero) is 1. The van der Waals surface area contributed by atoms with Crippen LogP contribution in [0.2, 0.25) is 0 Å². The fourth-order valence-electron chi connectivity index (χ4n) is 2.47. The molecule has 0 bridgehead atoms. The van der Waals surface area contributed by atoms with Crippen molar-refractivity contribution in [2.24, 2.45) is 11.8 Å². The maximum atomic E-state index is 12.0. The summed E-state index contributed by atoms with van der Waals surface area (Å²) in [6, 6.07) is 1.88. The summed E-state index contributed by atoms with van der Waals surface area (Å²) < 4.78 is 4.97. The summed E-state index contributed by atoms with van der Waals surface area (Å²) in [5.74, 6) is 1.41. The van der Waals surface area contributed by atoms with Crippen LogP contribution in [0.5, 0.6) is 0 Å². The summed E-state index contributed by atoms with van der Waals surface area (Å²) in [4.78, 5) is 12.0. The normalized spacial score (nSPS) is 26.5. The standard InChI is InChI=1S/C13H18O2/c1-10-3-2-4-12(7-10)13(14)8-11-5-6-15-9-11/h5-6,9-10,12H,2-4,7-8H2,1H3. The van der Waals surface area contributed by atoms with Crippen molar-refractivity contribution >= 4 is 5.78 Å². The number of hydrogen-bond donors (Lipinski definition) is 0. The van der Waals surface area contributed by atoms with Gasteiger partial charge in [0.15, 0.2) is 0 Å². The first-order chi connectivity index (χ1) is 7.25. The average Bonchev–Trinajstić information content (AvgIpc) is 2.70. The van der Waals surface area contributed by atoms with E-state index >= 15 is 0 Å². The molecule has 1 aliphatic carbocycles. The number of ketones is 1. The molecule has 1 heterocycles. The fraction of sp³-hybridized carbons (Fsp3) is 0.615. The van der Waals surface area contributed by atoms with Gasteiger partial charge in [-0.1, -0.05) is 19.8 Å². The van der Waals surface area contributed by atoms with E-state index in [9.17, 15) is 4.79 Å². The van der Waals surface area contributed by atoms with Crippen LogP contribution in [0.4, 0.5) is 0 Å². The van der Waals surface area contributed by atoms with Gasteiger partial charge in [0.25, 0.3) is 0 Å². The molecule has 1 aromatic rings. The Morgan fingerprint density at radius 1 is 1.53 bits per heavy atom. The van der Waals surface area contributed by atoms with Gasteiger partial charge in [-0.15, -0.1) is 0 Å². The molecule has 2 heteroatoms. The van der Waals surface area contributed by atoms with Gasteiger partial charge in [-0.2, -0.15) is 0 Å². The van der Waals surface area contributed by atoms with Gasteiger partial charge in [0, 0.05) is 12.3 Å². The Morgan fingerprint density at radius 2 is 2.40 bits per heavy atom. The second-order valence-electron chi connectivity index (χ2n) is 4.74. The monoisotopic (exact) mass is 206 g/mol. The Labute approximate surface area is 90.7 Å². The summed E-state index contributed by atoms with van der Waals surface area (Å²) >= 11 is 0. The van der Waals surface area contributed by atoms with Crippen LogP contribution in [0.15, 0.2) is 23.0 Å². The maximum absolute atomic E-state index is 12.0. The molecule has 15 heavy (non-hydrogen) atoms. The topological polar surface area (TPSA) is 30.2 Å². The van der Waals surface area contributed by atoms with Crippen LogP contribution in [-0.4, -0.2) is 5.78 Å². The molecule has 0 saturated heterocycles. The second kappa shape index (κ2) is 4.65. The molecule has 82 valence electrons. The first kappa shape index (κ1) is 10.5. The van der Waals surface area contributed by atoms with Crippen LogP contribution in [0.1, 0.15) is 38.2 Å². The number of carbonyl (C=O) groups is 1. The van der Waals surface area contributed by atoms with E-state index in [1.807, 2.05) is 6.07 Å². The van der Waals surface area contributed by atoms with Crippen LogP contribution in [0.3, 0.4) is 0 Å². The van der Waals surface area contributed by atoms with Crippen molar-refractivity contribution in [3.05, 3.63) is 24.2 Å².